The van der Waals surface area contributed by atoms with Crippen LogP contribution in [0.5, 0.6) is 0 Å². The zero-order chi connectivity index (χ0) is 23.8. The van der Waals surface area contributed by atoms with Crippen molar-refractivity contribution in [2.24, 2.45) is 17.8 Å². The molecule has 0 radical (unpaired) electrons. The number of carbonyl (C=O) groups is 3. The molecule has 4 fully saturated rings. The van der Waals surface area contributed by atoms with E-state index in [4.69, 9.17) is 14.2 Å². The summed E-state index contributed by atoms with van der Waals surface area (Å²) >= 11 is 0. The van der Waals surface area contributed by atoms with Gasteiger partial charge in [-0.2, -0.15) is 0 Å². The molecule has 2 saturated heterocycles. The van der Waals surface area contributed by atoms with Gasteiger partial charge < -0.3 is 14.2 Å². The first-order valence-electron chi connectivity index (χ1n) is 11.8. The molecule has 0 aromatic heterocycles. The SMILES string of the molecule is C=C(C)C(=O)OC1(CC)CCC[Si](C)(C)C1.C=C(C)C(=O)OC1C2CC3C(=O)OC1C3C2. The van der Waals surface area contributed by atoms with E-state index in [2.05, 4.69) is 33.2 Å². The van der Waals surface area contributed by atoms with Gasteiger partial charge in [0.05, 0.1) is 14.0 Å². The Hall–Kier alpha value is -1.89. The first-order chi connectivity index (χ1) is 14.9. The number of hydrogen-bond acceptors (Lipinski definition) is 6. The first-order valence-corrected chi connectivity index (χ1v) is 15.3. The molecule has 0 amide bonds. The fourth-order valence-electron chi connectivity index (χ4n) is 5.97. The van der Waals surface area contributed by atoms with E-state index in [1.807, 2.05) is 0 Å². The van der Waals surface area contributed by atoms with Crippen LogP contribution in [0.15, 0.2) is 24.3 Å². The molecule has 2 saturated carbocycles. The van der Waals surface area contributed by atoms with E-state index in [1.165, 1.54) is 12.5 Å². The number of ether oxygens (including phenoxy) is 3. The van der Waals surface area contributed by atoms with Crippen molar-refractivity contribution in [3.8, 4) is 0 Å². The molecule has 6 atom stereocenters. The zero-order valence-corrected chi connectivity index (χ0v) is 21.2. The van der Waals surface area contributed by atoms with Crippen LogP contribution < -0.4 is 0 Å². The molecule has 4 rings (SSSR count). The summed E-state index contributed by atoms with van der Waals surface area (Å²) in [6.45, 7) is 17.5. The van der Waals surface area contributed by atoms with Gasteiger partial charge in [0, 0.05) is 23.0 Å². The van der Waals surface area contributed by atoms with Crippen molar-refractivity contribution in [2.45, 2.75) is 95.9 Å². The Kier molecular flexibility index (Phi) is 7.08. The van der Waals surface area contributed by atoms with Crippen LogP contribution >= 0.6 is 0 Å². The van der Waals surface area contributed by atoms with Gasteiger partial charge in [0.1, 0.15) is 17.8 Å². The van der Waals surface area contributed by atoms with Crippen molar-refractivity contribution in [1.29, 1.82) is 0 Å². The van der Waals surface area contributed by atoms with Gasteiger partial charge in [-0.25, -0.2) is 9.59 Å². The van der Waals surface area contributed by atoms with E-state index in [1.54, 1.807) is 13.8 Å². The predicted octanol–water partition coefficient (Wildman–Crippen LogP) is 4.81. The normalized spacial score (nSPS) is 35.9. The third-order valence-electron chi connectivity index (χ3n) is 7.59. The van der Waals surface area contributed by atoms with Crippen LogP contribution in [0.3, 0.4) is 0 Å². The molecule has 2 heterocycles. The molecule has 6 unspecified atom stereocenters. The van der Waals surface area contributed by atoms with Crippen LogP contribution in [0.25, 0.3) is 0 Å². The Bertz CT molecular complexity index is 817. The van der Waals surface area contributed by atoms with Crippen molar-refractivity contribution in [3.63, 3.8) is 0 Å². The average Bonchev–Trinajstić information content (AvgIpc) is 3.32. The maximum Gasteiger partial charge on any atom is 0.333 e. The van der Waals surface area contributed by atoms with Crippen LogP contribution in [-0.2, 0) is 28.6 Å². The molecule has 6 nitrogen and oxygen atoms in total. The minimum absolute atomic E-state index is 0.0646. The lowest BCUT2D eigenvalue weighted by Crippen LogP contribution is -2.46. The third kappa shape index (κ3) is 5.03. The maximum absolute atomic E-state index is 11.7. The van der Waals surface area contributed by atoms with Crippen LogP contribution in [0.1, 0.15) is 52.9 Å². The zero-order valence-electron chi connectivity index (χ0n) is 20.2. The lowest BCUT2D eigenvalue weighted by molar-refractivity contribution is -0.158. The van der Waals surface area contributed by atoms with E-state index in [0.717, 1.165) is 31.7 Å². The van der Waals surface area contributed by atoms with Gasteiger partial charge in [0.25, 0.3) is 0 Å². The van der Waals surface area contributed by atoms with Crippen molar-refractivity contribution in [1.82, 2.24) is 0 Å². The molecule has 0 spiro atoms. The summed E-state index contributed by atoms with van der Waals surface area (Å²) in [6, 6.07) is 2.47. The maximum atomic E-state index is 11.7. The fraction of sp³-hybridized carbons (Fsp3) is 0.720. The highest BCUT2D eigenvalue weighted by molar-refractivity contribution is 6.77. The minimum Gasteiger partial charge on any atom is -0.458 e. The van der Waals surface area contributed by atoms with E-state index in [9.17, 15) is 14.4 Å². The average molecular weight is 463 g/mol. The summed E-state index contributed by atoms with van der Waals surface area (Å²) in [5, 5.41) is 0. The minimum atomic E-state index is -1.16. The Morgan fingerprint density at radius 2 is 1.81 bits per heavy atom. The Balaban J connectivity index is 0.000000181. The van der Waals surface area contributed by atoms with Crippen molar-refractivity contribution in [2.75, 3.05) is 0 Å². The molecular weight excluding hydrogens is 424 g/mol. The summed E-state index contributed by atoms with van der Waals surface area (Å²) in [5.41, 5.74) is 0.714. The predicted molar refractivity (Wildman–Crippen MR) is 125 cm³/mol. The summed E-state index contributed by atoms with van der Waals surface area (Å²) < 4.78 is 16.4. The number of carbonyl (C=O) groups excluding carboxylic acids is 3. The Morgan fingerprint density at radius 3 is 2.38 bits per heavy atom. The topological polar surface area (TPSA) is 78.9 Å². The lowest BCUT2D eigenvalue weighted by Gasteiger charge is -2.43. The van der Waals surface area contributed by atoms with Gasteiger partial charge in [0.15, 0.2) is 0 Å². The first kappa shape index (κ1) is 24.7. The van der Waals surface area contributed by atoms with Crippen LogP contribution in [0.2, 0.25) is 25.2 Å². The largest absolute Gasteiger partial charge is 0.458 e. The lowest BCUT2D eigenvalue weighted by atomic mass is 9.88. The quantitative estimate of drug-likeness (QED) is 0.252. The summed E-state index contributed by atoms with van der Waals surface area (Å²) in [6.07, 6.45) is 4.50. The second kappa shape index (κ2) is 9.16. The number of esters is 3. The van der Waals surface area contributed by atoms with E-state index < -0.39 is 8.07 Å². The molecular formula is C25H38O6Si. The molecule has 178 valence electrons. The number of fused-ring (bicyclic) bond motifs is 1. The van der Waals surface area contributed by atoms with Gasteiger partial charge in [-0.3, -0.25) is 4.79 Å². The van der Waals surface area contributed by atoms with Crippen molar-refractivity contribution >= 4 is 26.0 Å². The monoisotopic (exact) mass is 462 g/mol. The fourth-order valence-corrected chi connectivity index (χ4v) is 9.53. The van der Waals surface area contributed by atoms with Crippen LogP contribution in [0.4, 0.5) is 0 Å². The molecule has 2 aliphatic heterocycles. The van der Waals surface area contributed by atoms with Gasteiger partial charge >= 0.3 is 17.9 Å². The molecule has 7 heteroatoms. The van der Waals surface area contributed by atoms with Gasteiger partial charge in [-0.1, -0.05) is 45.6 Å². The molecule has 2 bridgehead atoms. The third-order valence-corrected chi connectivity index (χ3v) is 10.9. The molecule has 0 aromatic carbocycles. The second-order valence-electron chi connectivity index (χ2n) is 11.0. The second-order valence-corrected chi connectivity index (χ2v) is 16.1. The van der Waals surface area contributed by atoms with Crippen LogP contribution in [-0.4, -0.2) is 43.8 Å². The highest BCUT2D eigenvalue weighted by atomic mass is 28.3. The van der Waals surface area contributed by atoms with Crippen molar-refractivity contribution in [3.05, 3.63) is 24.3 Å². The van der Waals surface area contributed by atoms with Gasteiger partial charge in [0.2, 0.25) is 0 Å². The van der Waals surface area contributed by atoms with Gasteiger partial charge in [-0.15, -0.1) is 0 Å². The summed E-state index contributed by atoms with van der Waals surface area (Å²) in [5.74, 6) is -0.0538. The molecule has 2 aliphatic carbocycles. The molecule has 0 aromatic rings. The van der Waals surface area contributed by atoms with E-state index >= 15 is 0 Å². The smallest absolute Gasteiger partial charge is 0.333 e. The summed E-state index contributed by atoms with van der Waals surface area (Å²) in [7, 11) is -1.16. The Morgan fingerprint density at radius 1 is 1.16 bits per heavy atom. The molecule has 32 heavy (non-hydrogen) atoms. The van der Waals surface area contributed by atoms with Gasteiger partial charge in [-0.05, 0) is 45.6 Å². The van der Waals surface area contributed by atoms with E-state index in [-0.39, 0.29) is 47.6 Å². The molecule has 4 aliphatic rings. The van der Waals surface area contributed by atoms with Crippen LogP contribution in [0, 0.1) is 17.8 Å². The Labute approximate surface area is 192 Å². The standard InChI is InChI=1S/C13H24O2Si.C12H14O4/c1-6-13(15-12(14)11(2)3)8-7-9-16(4,5)10-13;1-5(2)11(13)15-9-6-3-7-8(4-6)12(14)16-10(7)9/h2,6-10H2,1,3-5H3;6-10H,1,3-4H2,2H3. The molecule has 0 N–H and O–H groups in total. The summed E-state index contributed by atoms with van der Waals surface area (Å²) in [4.78, 5) is 34.6. The van der Waals surface area contributed by atoms with Crippen molar-refractivity contribution < 1.29 is 28.6 Å². The highest BCUT2D eigenvalue weighted by Crippen LogP contribution is 2.55. The number of hydrogen-bond donors (Lipinski definition) is 0. The number of rotatable bonds is 5. The van der Waals surface area contributed by atoms with E-state index in [0.29, 0.717) is 17.1 Å². The highest BCUT2D eigenvalue weighted by Gasteiger charge is 2.63.